The van der Waals surface area contributed by atoms with Gasteiger partial charge in [0.05, 0.1) is 12.5 Å². The van der Waals surface area contributed by atoms with Crippen molar-refractivity contribution in [1.29, 1.82) is 0 Å². The number of amides is 1. The van der Waals surface area contributed by atoms with Gasteiger partial charge >= 0.3 is 5.97 Å². The lowest BCUT2D eigenvalue weighted by molar-refractivity contribution is -0.151. The molecule has 0 N–H and O–H groups in total. The summed E-state index contributed by atoms with van der Waals surface area (Å²) in [6.45, 7) is 3.46. The summed E-state index contributed by atoms with van der Waals surface area (Å²) in [6, 6.07) is 13.8. The third kappa shape index (κ3) is 4.54. The fourth-order valence-corrected chi connectivity index (χ4v) is 3.28. The zero-order valence-electron chi connectivity index (χ0n) is 15.1. The van der Waals surface area contributed by atoms with E-state index in [9.17, 15) is 9.59 Å². The van der Waals surface area contributed by atoms with Gasteiger partial charge in [-0.05, 0) is 31.9 Å². The molecule has 5 nitrogen and oxygen atoms in total. The zero-order chi connectivity index (χ0) is 18.4. The van der Waals surface area contributed by atoms with Crippen LogP contribution in [0.4, 0.5) is 0 Å². The quantitative estimate of drug-likeness (QED) is 0.742. The monoisotopic (exact) mass is 355 g/mol. The molecule has 2 aromatic rings. The van der Waals surface area contributed by atoms with Crippen molar-refractivity contribution in [3.05, 3.63) is 48.2 Å². The summed E-state index contributed by atoms with van der Waals surface area (Å²) < 4.78 is 10.9. The number of carbonyl (C=O) groups is 2. The second-order valence-corrected chi connectivity index (χ2v) is 6.54. The standard InChI is InChI=1S/C21H25NO4/c1-2-25-21(24)17-12-14-22(15-13-17)20(23)11-9-18-8-10-19(26-18)16-6-4-3-5-7-16/h3-8,10,17H,2,9,11-15H2,1H3. The largest absolute Gasteiger partial charge is 0.466 e. The van der Waals surface area contributed by atoms with Gasteiger partial charge in [0.25, 0.3) is 0 Å². The Morgan fingerprint density at radius 1 is 1.12 bits per heavy atom. The van der Waals surface area contributed by atoms with E-state index >= 15 is 0 Å². The molecule has 1 amide bonds. The molecule has 0 bridgehead atoms. The van der Waals surface area contributed by atoms with Gasteiger partial charge < -0.3 is 14.1 Å². The molecule has 1 aliphatic rings. The highest BCUT2D eigenvalue weighted by atomic mass is 16.5. The number of piperidine rings is 1. The third-order valence-corrected chi connectivity index (χ3v) is 4.77. The summed E-state index contributed by atoms with van der Waals surface area (Å²) in [5.41, 5.74) is 1.03. The lowest BCUT2D eigenvalue weighted by atomic mass is 9.96. The first-order valence-corrected chi connectivity index (χ1v) is 9.26. The van der Waals surface area contributed by atoms with Gasteiger partial charge in [-0.3, -0.25) is 9.59 Å². The molecule has 0 saturated carbocycles. The molecule has 1 aromatic carbocycles. The van der Waals surface area contributed by atoms with Crippen molar-refractivity contribution in [1.82, 2.24) is 4.90 Å². The Kier molecular flexibility index (Phi) is 6.10. The number of esters is 1. The van der Waals surface area contributed by atoms with Crippen molar-refractivity contribution < 1.29 is 18.7 Å². The van der Waals surface area contributed by atoms with E-state index in [1.807, 2.05) is 54.3 Å². The van der Waals surface area contributed by atoms with Crippen molar-refractivity contribution in [3.8, 4) is 11.3 Å². The predicted molar refractivity (Wildman–Crippen MR) is 98.4 cm³/mol. The van der Waals surface area contributed by atoms with Crippen LogP contribution in [-0.2, 0) is 20.7 Å². The molecule has 1 saturated heterocycles. The molecule has 0 aliphatic carbocycles. The minimum atomic E-state index is -0.136. The topological polar surface area (TPSA) is 59.8 Å². The summed E-state index contributed by atoms with van der Waals surface area (Å²) in [5, 5.41) is 0. The van der Waals surface area contributed by atoms with Crippen LogP contribution in [0.5, 0.6) is 0 Å². The number of furan rings is 1. The van der Waals surface area contributed by atoms with Crippen LogP contribution < -0.4 is 0 Å². The van der Waals surface area contributed by atoms with E-state index in [4.69, 9.17) is 9.15 Å². The Morgan fingerprint density at radius 3 is 2.54 bits per heavy atom. The van der Waals surface area contributed by atoms with Gasteiger partial charge in [-0.15, -0.1) is 0 Å². The van der Waals surface area contributed by atoms with Crippen molar-refractivity contribution in [3.63, 3.8) is 0 Å². The molecule has 5 heteroatoms. The third-order valence-electron chi connectivity index (χ3n) is 4.77. The average molecular weight is 355 g/mol. The van der Waals surface area contributed by atoms with Gasteiger partial charge in [0.15, 0.2) is 0 Å². The first-order valence-electron chi connectivity index (χ1n) is 9.26. The van der Waals surface area contributed by atoms with Gasteiger partial charge in [0.1, 0.15) is 11.5 Å². The van der Waals surface area contributed by atoms with E-state index in [1.165, 1.54) is 0 Å². The van der Waals surface area contributed by atoms with Crippen molar-refractivity contribution >= 4 is 11.9 Å². The first kappa shape index (κ1) is 18.2. The summed E-state index contributed by atoms with van der Waals surface area (Å²) in [7, 11) is 0. The minimum absolute atomic E-state index is 0.0718. The highest BCUT2D eigenvalue weighted by Gasteiger charge is 2.28. The highest BCUT2D eigenvalue weighted by Crippen LogP contribution is 2.23. The predicted octanol–water partition coefficient (Wildman–Crippen LogP) is 3.68. The molecular formula is C21H25NO4. The van der Waals surface area contributed by atoms with Crippen LogP contribution >= 0.6 is 0 Å². The summed E-state index contributed by atoms with van der Waals surface area (Å²) >= 11 is 0. The number of hydrogen-bond donors (Lipinski definition) is 0. The van der Waals surface area contributed by atoms with E-state index < -0.39 is 0 Å². The Morgan fingerprint density at radius 2 is 1.85 bits per heavy atom. The molecule has 0 spiro atoms. The summed E-state index contributed by atoms with van der Waals surface area (Å²) in [5.74, 6) is 1.55. The van der Waals surface area contributed by atoms with Gasteiger partial charge in [0.2, 0.25) is 5.91 Å². The van der Waals surface area contributed by atoms with E-state index in [2.05, 4.69) is 0 Å². The molecule has 138 valence electrons. The lowest BCUT2D eigenvalue weighted by Crippen LogP contribution is -2.40. The minimum Gasteiger partial charge on any atom is -0.466 e. The second kappa shape index (κ2) is 8.70. The van der Waals surface area contributed by atoms with Crippen molar-refractivity contribution in [2.75, 3.05) is 19.7 Å². The number of rotatable bonds is 6. The maximum absolute atomic E-state index is 12.4. The number of ether oxygens (including phenoxy) is 1. The maximum Gasteiger partial charge on any atom is 0.309 e. The van der Waals surface area contributed by atoms with Crippen LogP contribution in [0.3, 0.4) is 0 Å². The molecule has 2 heterocycles. The Balaban J connectivity index is 1.46. The number of benzene rings is 1. The molecule has 26 heavy (non-hydrogen) atoms. The molecule has 1 aromatic heterocycles. The smallest absolute Gasteiger partial charge is 0.309 e. The fraction of sp³-hybridized carbons (Fsp3) is 0.429. The van der Waals surface area contributed by atoms with Gasteiger partial charge in [-0.2, -0.15) is 0 Å². The van der Waals surface area contributed by atoms with Gasteiger partial charge in [0, 0.05) is 31.5 Å². The molecule has 0 radical (unpaired) electrons. The Labute approximate surface area is 153 Å². The number of aryl methyl sites for hydroxylation is 1. The van der Waals surface area contributed by atoms with Crippen molar-refractivity contribution in [2.45, 2.75) is 32.6 Å². The Bertz CT molecular complexity index is 729. The van der Waals surface area contributed by atoms with Crippen LogP contribution in [0.2, 0.25) is 0 Å². The van der Waals surface area contributed by atoms with Crippen LogP contribution in [0.15, 0.2) is 46.9 Å². The maximum atomic E-state index is 12.4. The van der Waals surface area contributed by atoms with Gasteiger partial charge in [-0.1, -0.05) is 30.3 Å². The average Bonchev–Trinajstić information content (AvgIpc) is 3.16. The van der Waals surface area contributed by atoms with Crippen LogP contribution in [0.25, 0.3) is 11.3 Å². The van der Waals surface area contributed by atoms with Crippen LogP contribution in [0.1, 0.15) is 31.9 Å². The fourth-order valence-electron chi connectivity index (χ4n) is 3.28. The Hall–Kier alpha value is -2.56. The van der Waals surface area contributed by atoms with E-state index in [0.29, 0.717) is 45.4 Å². The molecule has 0 unspecified atom stereocenters. The van der Waals surface area contributed by atoms with E-state index in [-0.39, 0.29) is 17.8 Å². The lowest BCUT2D eigenvalue weighted by Gasteiger charge is -2.30. The number of nitrogens with zero attached hydrogens (tertiary/aromatic N) is 1. The summed E-state index contributed by atoms with van der Waals surface area (Å²) in [6.07, 6.45) is 2.38. The van der Waals surface area contributed by atoms with Crippen LogP contribution in [0, 0.1) is 5.92 Å². The van der Waals surface area contributed by atoms with Crippen LogP contribution in [-0.4, -0.2) is 36.5 Å². The number of likely N-dealkylation sites (tertiary alicyclic amines) is 1. The number of carbonyl (C=O) groups excluding carboxylic acids is 2. The molecule has 1 fully saturated rings. The van der Waals surface area contributed by atoms with Gasteiger partial charge in [-0.25, -0.2) is 0 Å². The number of hydrogen-bond acceptors (Lipinski definition) is 4. The summed E-state index contributed by atoms with van der Waals surface area (Å²) in [4.78, 5) is 26.0. The normalized spacial score (nSPS) is 15.0. The van der Waals surface area contributed by atoms with E-state index in [1.54, 1.807) is 0 Å². The first-order chi connectivity index (χ1) is 12.7. The zero-order valence-corrected chi connectivity index (χ0v) is 15.1. The molecule has 1 aliphatic heterocycles. The molecule has 3 rings (SSSR count). The molecule has 0 atom stereocenters. The SMILES string of the molecule is CCOC(=O)C1CCN(C(=O)CCc2ccc(-c3ccccc3)o2)CC1. The highest BCUT2D eigenvalue weighted by molar-refractivity contribution is 5.77. The second-order valence-electron chi connectivity index (χ2n) is 6.54. The molecular weight excluding hydrogens is 330 g/mol. The van der Waals surface area contributed by atoms with E-state index in [0.717, 1.165) is 17.1 Å². The van der Waals surface area contributed by atoms with Crippen molar-refractivity contribution in [2.24, 2.45) is 5.92 Å².